The highest BCUT2D eigenvalue weighted by molar-refractivity contribution is 6.10. The van der Waals surface area contributed by atoms with Gasteiger partial charge < -0.3 is 4.98 Å². The van der Waals surface area contributed by atoms with Crippen LogP contribution in [0.4, 0.5) is 5.69 Å². The van der Waals surface area contributed by atoms with E-state index in [-0.39, 0.29) is 17.4 Å². The van der Waals surface area contributed by atoms with Crippen molar-refractivity contribution in [2.45, 2.75) is 26.7 Å². The number of nitro benzene ring substituents is 1. The molecule has 0 aliphatic heterocycles. The van der Waals surface area contributed by atoms with Crippen molar-refractivity contribution in [2.24, 2.45) is 5.92 Å². The fourth-order valence-corrected chi connectivity index (χ4v) is 2.32. The second-order valence-electron chi connectivity index (χ2n) is 4.71. The Bertz CT molecular complexity index is 631. The van der Waals surface area contributed by atoms with Crippen molar-refractivity contribution < 1.29 is 9.72 Å². The normalized spacial score (nSPS) is 12.5. The average molecular weight is 260 g/mol. The first-order chi connectivity index (χ1) is 9.06. The van der Waals surface area contributed by atoms with Gasteiger partial charge in [0, 0.05) is 29.1 Å². The Labute approximate surface area is 110 Å². The Hall–Kier alpha value is -2.17. The number of aromatic nitrogens is 1. The summed E-state index contributed by atoms with van der Waals surface area (Å²) >= 11 is 0. The molecule has 0 aliphatic carbocycles. The van der Waals surface area contributed by atoms with Gasteiger partial charge >= 0.3 is 0 Å². The number of carbonyl (C=O) groups is 1. The van der Waals surface area contributed by atoms with Gasteiger partial charge in [-0.3, -0.25) is 14.9 Å². The number of carbonyl (C=O) groups excluding carboxylic acids is 1. The number of rotatable bonds is 5. The first-order valence-corrected chi connectivity index (χ1v) is 6.35. The van der Waals surface area contributed by atoms with E-state index in [4.69, 9.17) is 0 Å². The number of non-ortho nitro benzene ring substituents is 1. The van der Waals surface area contributed by atoms with Crippen molar-refractivity contribution in [3.8, 4) is 0 Å². The first-order valence-electron chi connectivity index (χ1n) is 6.35. The number of Topliss-reactive ketones (excluding diaryl/α,β-unsaturated/α-hetero) is 1. The average Bonchev–Trinajstić information content (AvgIpc) is 2.81. The second-order valence-corrected chi connectivity index (χ2v) is 4.71. The monoisotopic (exact) mass is 260 g/mol. The number of nitrogens with zero attached hydrogens (tertiary/aromatic N) is 1. The Kier molecular flexibility index (Phi) is 3.64. The van der Waals surface area contributed by atoms with Crippen molar-refractivity contribution in [2.75, 3.05) is 0 Å². The molecule has 100 valence electrons. The molecule has 1 aromatic heterocycles. The second kappa shape index (κ2) is 5.22. The number of fused-ring (bicyclic) bond motifs is 1. The van der Waals surface area contributed by atoms with E-state index in [1.54, 1.807) is 18.3 Å². The maximum atomic E-state index is 12.3. The van der Waals surface area contributed by atoms with E-state index in [2.05, 4.69) is 4.98 Å². The van der Waals surface area contributed by atoms with Crippen molar-refractivity contribution >= 4 is 22.4 Å². The molecule has 19 heavy (non-hydrogen) atoms. The first kappa shape index (κ1) is 13.3. The van der Waals surface area contributed by atoms with E-state index >= 15 is 0 Å². The lowest BCUT2D eigenvalue weighted by atomic mass is 9.95. The molecule has 1 heterocycles. The van der Waals surface area contributed by atoms with Crippen LogP contribution < -0.4 is 0 Å². The van der Waals surface area contributed by atoms with Crippen LogP contribution in [0.1, 0.15) is 37.0 Å². The predicted molar refractivity (Wildman–Crippen MR) is 73.4 cm³/mol. The van der Waals surface area contributed by atoms with Crippen LogP contribution in [0, 0.1) is 16.0 Å². The Balaban J connectivity index is 2.49. The van der Waals surface area contributed by atoms with E-state index in [0.29, 0.717) is 16.5 Å². The molecule has 0 amide bonds. The van der Waals surface area contributed by atoms with Crippen molar-refractivity contribution in [3.05, 3.63) is 40.1 Å². The van der Waals surface area contributed by atoms with Gasteiger partial charge in [-0.15, -0.1) is 0 Å². The molecule has 0 saturated carbocycles. The van der Waals surface area contributed by atoms with E-state index in [1.165, 1.54) is 6.07 Å². The number of hydrogen-bond acceptors (Lipinski definition) is 3. The van der Waals surface area contributed by atoms with Crippen LogP contribution in [0.15, 0.2) is 24.4 Å². The molecule has 1 aromatic carbocycles. The molecule has 5 heteroatoms. The highest BCUT2D eigenvalue weighted by atomic mass is 16.6. The van der Waals surface area contributed by atoms with Gasteiger partial charge in [0.25, 0.3) is 5.69 Å². The summed E-state index contributed by atoms with van der Waals surface area (Å²) in [7, 11) is 0. The van der Waals surface area contributed by atoms with Crippen LogP contribution in [0.2, 0.25) is 0 Å². The van der Waals surface area contributed by atoms with Crippen molar-refractivity contribution in [3.63, 3.8) is 0 Å². The number of aromatic amines is 1. The minimum Gasteiger partial charge on any atom is -0.355 e. The zero-order valence-electron chi connectivity index (χ0n) is 11.0. The number of nitrogens with one attached hydrogen (secondary N) is 1. The molecule has 0 saturated heterocycles. The summed E-state index contributed by atoms with van der Waals surface area (Å²) in [5, 5.41) is 11.6. The molecule has 1 N–H and O–H groups in total. The van der Waals surface area contributed by atoms with Gasteiger partial charge in [-0.25, -0.2) is 0 Å². The third kappa shape index (κ3) is 2.36. The quantitative estimate of drug-likeness (QED) is 0.506. The number of nitro groups is 1. The van der Waals surface area contributed by atoms with Crippen LogP contribution in [0.3, 0.4) is 0 Å². The third-order valence-electron chi connectivity index (χ3n) is 3.32. The van der Waals surface area contributed by atoms with Crippen molar-refractivity contribution in [1.29, 1.82) is 0 Å². The smallest absolute Gasteiger partial charge is 0.293 e. The largest absolute Gasteiger partial charge is 0.355 e. The zero-order chi connectivity index (χ0) is 14.0. The van der Waals surface area contributed by atoms with Gasteiger partial charge in [-0.05, 0) is 6.42 Å². The fourth-order valence-electron chi connectivity index (χ4n) is 2.32. The molecule has 1 unspecified atom stereocenters. The summed E-state index contributed by atoms with van der Waals surface area (Å²) in [5.74, 6) is -0.0307. The fraction of sp³-hybridized carbons (Fsp3) is 0.357. The van der Waals surface area contributed by atoms with E-state index in [9.17, 15) is 14.9 Å². The number of hydrogen-bond donors (Lipinski definition) is 1. The van der Waals surface area contributed by atoms with E-state index in [0.717, 1.165) is 12.8 Å². The van der Waals surface area contributed by atoms with Crippen molar-refractivity contribution in [1.82, 2.24) is 4.98 Å². The molecule has 5 nitrogen and oxygen atoms in total. The lowest BCUT2D eigenvalue weighted by molar-refractivity contribution is -0.383. The third-order valence-corrected chi connectivity index (χ3v) is 3.32. The minimum absolute atomic E-state index is 0.000283. The Morgan fingerprint density at radius 1 is 1.47 bits per heavy atom. The molecular formula is C14H16N2O3. The lowest BCUT2D eigenvalue weighted by Crippen LogP contribution is -2.10. The van der Waals surface area contributed by atoms with Crippen LogP contribution in [-0.4, -0.2) is 15.7 Å². The zero-order valence-corrected chi connectivity index (χ0v) is 11.0. The Morgan fingerprint density at radius 3 is 2.84 bits per heavy atom. The topological polar surface area (TPSA) is 76.0 Å². The molecule has 1 atom stereocenters. The standard InChI is InChI=1S/C14H16N2O3/c1-3-5-9(2)14(17)11-8-15-13-10(11)6-4-7-12(13)16(18)19/h4,6-9,15H,3,5H2,1-2H3. The Morgan fingerprint density at radius 2 is 2.21 bits per heavy atom. The summed E-state index contributed by atoms with van der Waals surface area (Å²) in [4.78, 5) is 25.6. The summed E-state index contributed by atoms with van der Waals surface area (Å²) in [5.41, 5.74) is 0.957. The molecule has 2 rings (SSSR count). The molecular weight excluding hydrogens is 244 g/mol. The molecule has 0 aliphatic rings. The molecule has 0 fully saturated rings. The number of benzene rings is 1. The lowest BCUT2D eigenvalue weighted by Gasteiger charge is -2.07. The van der Waals surface area contributed by atoms with Gasteiger partial charge in [0.15, 0.2) is 5.78 Å². The summed E-state index contributed by atoms with van der Waals surface area (Å²) in [6.45, 7) is 3.92. The SMILES string of the molecule is CCCC(C)C(=O)c1c[nH]c2c([N+](=O)[O-])cccc12. The highest BCUT2D eigenvalue weighted by Gasteiger charge is 2.21. The van der Waals surface area contributed by atoms with Crippen LogP contribution >= 0.6 is 0 Å². The molecule has 0 spiro atoms. The van der Waals surface area contributed by atoms with E-state index < -0.39 is 4.92 Å². The van der Waals surface area contributed by atoms with Crippen LogP contribution in [0.25, 0.3) is 10.9 Å². The van der Waals surface area contributed by atoms with Crippen LogP contribution in [-0.2, 0) is 0 Å². The maximum absolute atomic E-state index is 12.3. The predicted octanol–water partition coefficient (Wildman–Crippen LogP) is 3.70. The van der Waals surface area contributed by atoms with Gasteiger partial charge in [-0.1, -0.05) is 32.4 Å². The molecule has 2 aromatic rings. The summed E-state index contributed by atoms with van der Waals surface area (Å²) in [6.07, 6.45) is 3.34. The minimum atomic E-state index is -0.442. The molecule has 0 bridgehead atoms. The van der Waals surface area contributed by atoms with E-state index in [1.807, 2.05) is 13.8 Å². The van der Waals surface area contributed by atoms with Gasteiger partial charge in [-0.2, -0.15) is 0 Å². The summed E-state index contributed by atoms with van der Waals surface area (Å²) < 4.78 is 0. The van der Waals surface area contributed by atoms with Gasteiger partial charge in [0.1, 0.15) is 5.52 Å². The molecule has 0 radical (unpaired) electrons. The number of para-hydroxylation sites is 1. The summed E-state index contributed by atoms with van der Waals surface area (Å²) in [6, 6.07) is 4.78. The number of H-pyrrole nitrogens is 1. The number of ketones is 1. The van der Waals surface area contributed by atoms with Gasteiger partial charge in [0.2, 0.25) is 0 Å². The van der Waals surface area contributed by atoms with Crippen LogP contribution in [0.5, 0.6) is 0 Å². The highest BCUT2D eigenvalue weighted by Crippen LogP contribution is 2.28. The van der Waals surface area contributed by atoms with Gasteiger partial charge in [0.05, 0.1) is 4.92 Å². The maximum Gasteiger partial charge on any atom is 0.293 e.